The predicted molar refractivity (Wildman–Crippen MR) is 141 cm³/mol. The van der Waals surface area contributed by atoms with Crippen LogP contribution in [0.25, 0.3) is 11.0 Å². The molecule has 2 aromatic heterocycles. The standard InChI is InChI=1S/C28H28ClN3O6/c29-19-9-11-23(30-14-19)31-27(35)25-24(21-13-18(28(36)37)8-10-22(21)38-25)32-26(34)16-6-4-15(5-7-16)17-2-1-3-20(33)12-17/h8-11,13-17H,1-7,12H2,(H,32,34)(H,36,37)(H,30,31,35). The maximum absolute atomic E-state index is 13.4. The lowest BCUT2D eigenvalue weighted by Crippen LogP contribution is -2.31. The van der Waals surface area contributed by atoms with E-state index < -0.39 is 11.9 Å². The van der Waals surface area contributed by atoms with E-state index >= 15 is 0 Å². The van der Waals surface area contributed by atoms with E-state index in [0.29, 0.717) is 53.7 Å². The van der Waals surface area contributed by atoms with Crippen molar-refractivity contribution in [2.24, 2.45) is 17.8 Å². The van der Waals surface area contributed by atoms with Crippen molar-refractivity contribution in [1.82, 2.24) is 4.98 Å². The molecule has 2 aliphatic carbocycles. The monoisotopic (exact) mass is 537 g/mol. The van der Waals surface area contributed by atoms with E-state index in [1.807, 2.05) is 0 Å². The fraction of sp³-hybridized carbons (Fsp3) is 0.393. The molecular weight excluding hydrogens is 510 g/mol. The molecule has 1 unspecified atom stereocenters. The Hall–Kier alpha value is -3.72. The minimum absolute atomic E-state index is 0.00247. The van der Waals surface area contributed by atoms with Gasteiger partial charge in [-0.3, -0.25) is 14.4 Å². The number of carbonyl (C=O) groups excluding carboxylic acids is 3. The Labute approximate surface area is 223 Å². The second-order valence-corrected chi connectivity index (χ2v) is 10.6. The zero-order valence-corrected chi connectivity index (χ0v) is 21.4. The molecule has 0 radical (unpaired) electrons. The highest BCUT2D eigenvalue weighted by molar-refractivity contribution is 6.30. The van der Waals surface area contributed by atoms with Crippen molar-refractivity contribution in [1.29, 1.82) is 0 Å². The molecular formula is C28H28ClN3O6. The number of ketones is 1. The number of pyridine rings is 1. The molecule has 3 N–H and O–H groups in total. The molecule has 198 valence electrons. The third-order valence-corrected chi connectivity index (χ3v) is 7.91. The van der Waals surface area contributed by atoms with Gasteiger partial charge in [-0.25, -0.2) is 9.78 Å². The summed E-state index contributed by atoms with van der Waals surface area (Å²) in [6.45, 7) is 0. The van der Waals surface area contributed by atoms with Crippen molar-refractivity contribution >= 4 is 57.6 Å². The van der Waals surface area contributed by atoms with Gasteiger partial charge in [0.15, 0.2) is 0 Å². The molecule has 0 aliphatic heterocycles. The van der Waals surface area contributed by atoms with E-state index in [-0.39, 0.29) is 40.2 Å². The van der Waals surface area contributed by atoms with E-state index in [1.54, 1.807) is 6.07 Å². The van der Waals surface area contributed by atoms with Crippen LogP contribution >= 0.6 is 11.6 Å². The second kappa shape index (κ2) is 10.9. The lowest BCUT2D eigenvalue weighted by molar-refractivity contribution is -0.124. The lowest BCUT2D eigenvalue weighted by Gasteiger charge is -2.34. The predicted octanol–water partition coefficient (Wildman–Crippen LogP) is 5.94. The average Bonchev–Trinajstić information content (AvgIpc) is 3.27. The van der Waals surface area contributed by atoms with Gasteiger partial charge in [-0.05, 0) is 80.7 Å². The largest absolute Gasteiger partial charge is 0.478 e. The zero-order valence-electron chi connectivity index (χ0n) is 20.7. The first-order valence-electron chi connectivity index (χ1n) is 12.8. The molecule has 1 aromatic carbocycles. The quantitative estimate of drug-likeness (QED) is 0.354. The van der Waals surface area contributed by atoms with Crippen molar-refractivity contribution in [3.63, 3.8) is 0 Å². The molecule has 38 heavy (non-hydrogen) atoms. The highest BCUT2D eigenvalue weighted by Gasteiger charge is 2.34. The first-order valence-corrected chi connectivity index (χ1v) is 13.2. The van der Waals surface area contributed by atoms with Gasteiger partial charge >= 0.3 is 5.97 Å². The van der Waals surface area contributed by atoms with Crippen molar-refractivity contribution in [3.05, 3.63) is 52.9 Å². The van der Waals surface area contributed by atoms with E-state index in [1.165, 1.54) is 30.5 Å². The first kappa shape index (κ1) is 25.9. The van der Waals surface area contributed by atoms with Crippen LogP contribution in [0.5, 0.6) is 0 Å². The smallest absolute Gasteiger partial charge is 0.335 e. The van der Waals surface area contributed by atoms with Crippen LogP contribution in [-0.4, -0.2) is 33.7 Å². The topological polar surface area (TPSA) is 139 Å². The van der Waals surface area contributed by atoms with E-state index in [0.717, 1.165) is 25.7 Å². The SMILES string of the molecule is O=C1CCCC(C2CCC(C(=O)Nc3c(C(=O)Nc4ccc(Cl)cn4)oc4ccc(C(=O)O)cc34)CC2)C1. The van der Waals surface area contributed by atoms with Gasteiger partial charge in [0.1, 0.15) is 22.9 Å². The molecule has 0 bridgehead atoms. The number of carboxylic acids is 1. The van der Waals surface area contributed by atoms with Gasteiger partial charge < -0.3 is 20.2 Å². The van der Waals surface area contributed by atoms with Crippen molar-refractivity contribution in [2.45, 2.75) is 51.4 Å². The maximum Gasteiger partial charge on any atom is 0.335 e. The number of anilines is 2. The highest BCUT2D eigenvalue weighted by atomic mass is 35.5. The summed E-state index contributed by atoms with van der Waals surface area (Å²) in [5.41, 5.74) is 0.396. The molecule has 1 atom stereocenters. The highest BCUT2D eigenvalue weighted by Crippen LogP contribution is 2.40. The van der Waals surface area contributed by atoms with Crippen LogP contribution in [0, 0.1) is 17.8 Å². The molecule has 9 nitrogen and oxygen atoms in total. The number of halogens is 1. The Kier molecular flexibility index (Phi) is 7.46. The van der Waals surface area contributed by atoms with Crippen LogP contribution in [-0.2, 0) is 9.59 Å². The summed E-state index contributed by atoms with van der Waals surface area (Å²) in [4.78, 5) is 54.0. The summed E-state index contributed by atoms with van der Waals surface area (Å²) in [7, 11) is 0. The number of hydrogen-bond acceptors (Lipinski definition) is 6. The van der Waals surface area contributed by atoms with Gasteiger partial charge in [-0.15, -0.1) is 0 Å². The van der Waals surface area contributed by atoms with Crippen LogP contribution in [0.15, 0.2) is 40.9 Å². The summed E-state index contributed by atoms with van der Waals surface area (Å²) in [5.74, 6) is -1.00. The Morgan fingerprint density at radius 3 is 2.47 bits per heavy atom. The van der Waals surface area contributed by atoms with Crippen LogP contribution < -0.4 is 10.6 Å². The second-order valence-electron chi connectivity index (χ2n) is 10.1. The molecule has 2 saturated carbocycles. The molecule has 10 heteroatoms. The molecule has 0 saturated heterocycles. The van der Waals surface area contributed by atoms with Crippen LogP contribution in [0.1, 0.15) is 72.3 Å². The number of carboxylic acid groups (broad SMARTS) is 1. The van der Waals surface area contributed by atoms with Gasteiger partial charge in [0.05, 0.1) is 10.6 Å². The third kappa shape index (κ3) is 5.57. The number of aromatic carboxylic acids is 1. The number of aromatic nitrogens is 1. The number of hydrogen-bond donors (Lipinski definition) is 3. The fourth-order valence-electron chi connectivity index (χ4n) is 5.68. The van der Waals surface area contributed by atoms with Gasteiger partial charge in [0, 0.05) is 30.3 Å². The number of Topliss-reactive ketones (excluding diaryl/α,β-unsaturated/α-hetero) is 1. The van der Waals surface area contributed by atoms with Gasteiger partial charge in [-0.2, -0.15) is 0 Å². The molecule has 5 rings (SSSR count). The number of carbonyl (C=O) groups is 4. The minimum atomic E-state index is -1.14. The molecule has 2 aliphatic rings. The third-order valence-electron chi connectivity index (χ3n) is 7.69. The minimum Gasteiger partial charge on any atom is -0.478 e. The molecule has 2 amide bonds. The van der Waals surface area contributed by atoms with Gasteiger partial charge in [0.2, 0.25) is 11.7 Å². The van der Waals surface area contributed by atoms with Gasteiger partial charge in [-0.1, -0.05) is 11.6 Å². The summed E-state index contributed by atoms with van der Waals surface area (Å²) in [6.07, 6.45) is 7.86. The van der Waals surface area contributed by atoms with E-state index in [2.05, 4.69) is 15.6 Å². The fourth-order valence-corrected chi connectivity index (χ4v) is 5.79. The molecule has 3 aromatic rings. The van der Waals surface area contributed by atoms with Crippen LogP contribution in [0.4, 0.5) is 11.5 Å². The summed E-state index contributed by atoms with van der Waals surface area (Å²) < 4.78 is 5.78. The average molecular weight is 538 g/mol. The first-order chi connectivity index (χ1) is 18.3. The zero-order chi connectivity index (χ0) is 26.8. The molecule has 2 fully saturated rings. The van der Waals surface area contributed by atoms with Crippen molar-refractivity contribution < 1.29 is 28.7 Å². The summed E-state index contributed by atoms with van der Waals surface area (Å²) in [6, 6.07) is 7.32. The Morgan fingerprint density at radius 1 is 1.00 bits per heavy atom. The number of rotatable bonds is 6. The Bertz CT molecular complexity index is 1390. The number of benzene rings is 1. The maximum atomic E-state index is 13.4. The Balaban J connectivity index is 1.36. The van der Waals surface area contributed by atoms with E-state index in [9.17, 15) is 24.3 Å². The number of fused-ring (bicyclic) bond motifs is 1. The van der Waals surface area contributed by atoms with Crippen LogP contribution in [0.3, 0.4) is 0 Å². The number of furan rings is 1. The summed E-state index contributed by atoms with van der Waals surface area (Å²) in [5, 5.41) is 15.7. The number of nitrogens with one attached hydrogen (secondary N) is 2. The van der Waals surface area contributed by atoms with E-state index in [4.69, 9.17) is 16.0 Å². The van der Waals surface area contributed by atoms with Crippen molar-refractivity contribution in [3.8, 4) is 0 Å². The van der Waals surface area contributed by atoms with Crippen LogP contribution in [0.2, 0.25) is 5.02 Å². The molecule has 0 spiro atoms. The lowest BCUT2D eigenvalue weighted by atomic mass is 9.70. The normalized spacial score (nSPS) is 21.7. The van der Waals surface area contributed by atoms with Crippen molar-refractivity contribution in [2.75, 3.05) is 10.6 Å². The number of amides is 2. The summed E-state index contributed by atoms with van der Waals surface area (Å²) >= 11 is 5.87. The Morgan fingerprint density at radius 2 is 1.79 bits per heavy atom. The molecule has 2 heterocycles. The number of nitrogens with zero attached hydrogens (tertiary/aromatic N) is 1. The van der Waals surface area contributed by atoms with Gasteiger partial charge in [0.25, 0.3) is 5.91 Å².